The number of aromatic nitrogens is 2. The Balaban J connectivity index is 1.50. The molecule has 6 nitrogen and oxygen atoms in total. The number of likely N-dealkylation sites (tertiary alicyclic amines) is 1. The van der Waals surface area contributed by atoms with Crippen molar-refractivity contribution in [1.29, 1.82) is 0 Å². The summed E-state index contributed by atoms with van der Waals surface area (Å²) in [6.07, 6.45) is -3.33. The van der Waals surface area contributed by atoms with Crippen LogP contribution in [0.3, 0.4) is 0 Å². The lowest BCUT2D eigenvalue weighted by Gasteiger charge is -2.47. The van der Waals surface area contributed by atoms with E-state index in [1.807, 2.05) is 0 Å². The van der Waals surface area contributed by atoms with Crippen molar-refractivity contribution in [2.75, 3.05) is 11.9 Å². The zero-order valence-corrected chi connectivity index (χ0v) is 16.4. The van der Waals surface area contributed by atoms with Crippen LogP contribution in [-0.2, 0) is 9.53 Å². The van der Waals surface area contributed by atoms with Crippen molar-refractivity contribution in [3.05, 3.63) is 42.2 Å². The summed E-state index contributed by atoms with van der Waals surface area (Å²) >= 11 is 0. The van der Waals surface area contributed by atoms with Gasteiger partial charge in [-0.05, 0) is 49.9 Å². The van der Waals surface area contributed by atoms with Crippen molar-refractivity contribution >= 4 is 11.7 Å². The molecule has 0 unspecified atom stereocenters. The Bertz CT molecular complexity index is 965. The highest BCUT2D eigenvalue weighted by Gasteiger charge is 2.49. The number of hydrogen-bond acceptors (Lipinski definition) is 5. The van der Waals surface area contributed by atoms with E-state index in [-0.39, 0.29) is 24.0 Å². The summed E-state index contributed by atoms with van der Waals surface area (Å²) < 4.78 is 69.5. The van der Waals surface area contributed by atoms with Gasteiger partial charge in [-0.1, -0.05) is 0 Å². The molecule has 2 heterocycles. The summed E-state index contributed by atoms with van der Waals surface area (Å²) in [6, 6.07) is 3.49. The standard InChI is InChI=1S/C20H19F5N4O2/c1-10-14(31-20(23,24)25)8-29(10)19(30)17(12-2-3-12)28-18-15(22)16(26-9-27-18)11-4-6-13(21)7-5-11/h4-7,9-10,12,14,17H,2-3,8H2,1H3,(H,26,27,28)/t10-,14-,17+/m0/s1. The van der Waals surface area contributed by atoms with Crippen molar-refractivity contribution in [3.8, 4) is 11.3 Å². The fourth-order valence-electron chi connectivity index (χ4n) is 3.59. The van der Waals surface area contributed by atoms with E-state index in [0.717, 1.165) is 19.2 Å². The van der Waals surface area contributed by atoms with Crippen LogP contribution in [0.1, 0.15) is 19.8 Å². The first-order valence-electron chi connectivity index (χ1n) is 9.72. The van der Waals surface area contributed by atoms with E-state index in [9.17, 15) is 22.4 Å². The van der Waals surface area contributed by atoms with Crippen LogP contribution >= 0.6 is 0 Å². The number of anilines is 1. The largest absolute Gasteiger partial charge is 0.522 e. The van der Waals surface area contributed by atoms with Gasteiger partial charge in [-0.3, -0.25) is 9.53 Å². The molecule has 11 heteroatoms. The molecule has 1 aromatic heterocycles. The lowest BCUT2D eigenvalue weighted by molar-refractivity contribution is -0.359. The van der Waals surface area contributed by atoms with E-state index in [1.54, 1.807) is 0 Å². The second-order valence-corrected chi connectivity index (χ2v) is 7.68. The highest BCUT2D eigenvalue weighted by atomic mass is 19.4. The van der Waals surface area contributed by atoms with Gasteiger partial charge in [0.05, 0.1) is 6.04 Å². The molecule has 0 bridgehead atoms. The van der Waals surface area contributed by atoms with Gasteiger partial charge in [-0.15, -0.1) is 13.2 Å². The van der Waals surface area contributed by atoms with Crippen LogP contribution in [0.4, 0.5) is 27.8 Å². The molecule has 1 saturated heterocycles. The maximum atomic E-state index is 15.0. The molecular weight excluding hydrogens is 423 g/mol. The van der Waals surface area contributed by atoms with Gasteiger partial charge in [0.1, 0.15) is 30.0 Å². The van der Waals surface area contributed by atoms with Gasteiger partial charge in [0.25, 0.3) is 0 Å². The molecule has 166 valence electrons. The Morgan fingerprint density at radius 2 is 1.87 bits per heavy atom. The van der Waals surface area contributed by atoms with Crippen LogP contribution in [0.5, 0.6) is 0 Å². The highest BCUT2D eigenvalue weighted by Crippen LogP contribution is 2.38. The number of nitrogens with one attached hydrogen (secondary N) is 1. The van der Waals surface area contributed by atoms with Crippen molar-refractivity contribution < 1.29 is 31.5 Å². The van der Waals surface area contributed by atoms with Crippen molar-refractivity contribution in [2.24, 2.45) is 5.92 Å². The smallest absolute Gasteiger partial charge is 0.356 e. The minimum atomic E-state index is -4.77. The molecule has 3 atom stereocenters. The summed E-state index contributed by atoms with van der Waals surface area (Å²) in [5.41, 5.74) is 0.276. The second-order valence-electron chi connectivity index (χ2n) is 7.68. The Kier molecular flexibility index (Phi) is 5.54. The predicted molar refractivity (Wildman–Crippen MR) is 99.6 cm³/mol. The zero-order chi connectivity index (χ0) is 22.3. The summed E-state index contributed by atoms with van der Waals surface area (Å²) in [5, 5.41) is 2.81. The van der Waals surface area contributed by atoms with Crippen LogP contribution in [0.15, 0.2) is 30.6 Å². The van der Waals surface area contributed by atoms with Gasteiger partial charge in [0.2, 0.25) is 5.91 Å². The van der Waals surface area contributed by atoms with E-state index in [2.05, 4.69) is 20.0 Å². The quantitative estimate of drug-likeness (QED) is 0.691. The molecule has 1 aliphatic heterocycles. The third-order valence-electron chi connectivity index (χ3n) is 5.53. The molecule has 2 aliphatic rings. The molecular formula is C20H19F5N4O2. The molecule has 2 fully saturated rings. The number of halogens is 5. The third kappa shape index (κ3) is 4.60. The molecule has 1 N–H and O–H groups in total. The number of benzene rings is 1. The molecule has 0 radical (unpaired) electrons. The third-order valence-corrected chi connectivity index (χ3v) is 5.53. The lowest BCUT2D eigenvalue weighted by Crippen LogP contribution is -2.65. The Hall–Kier alpha value is -2.82. The first kappa shape index (κ1) is 21.4. The van der Waals surface area contributed by atoms with Crippen LogP contribution in [-0.4, -0.2) is 51.9 Å². The SMILES string of the molecule is C[C@H]1[C@@H](OC(F)(F)F)CN1C(=O)[C@H](Nc1ncnc(-c2ccc(F)cc2)c1F)C1CC1. The van der Waals surface area contributed by atoms with E-state index >= 15 is 4.39 Å². The number of nitrogens with zero attached hydrogens (tertiary/aromatic N) is 3. The van der Waals surface area contributed by atoms with E-state index in [0.29, 0.717) is 5.56 Å². The van der Waals surface area contributed by atoms with E-state index < -0.39 is 42.1 Å². The number of rotatable bonds is 6. The molecule has 1 saturated carbocycles. The van der Waals surface area contributed by atoms with Crippen molar-refractivity contribution in [2.45, 2.75) is 44.3 Å². The Morgan fingerprint density at radius 3 is 2.45 bits per heavy atom. The monoisotopic (exact) mass is 442 g/mol. The fourth-order valence-corrected chi connectivity index (χ4v) is 3.59. The summed E-state index contributed by atoms with van der Waals surface area (Å²) in [4.78, 5) is 22.0. The van der Waals surface area contributed by atoms with Crippen LogP contribution in [0.25, 0.3) is 11.3 Å². The topological polar surface area (TPSA) is 67.3 Å². The molecule has 31 heavy (non-hydrogen) atoms. The average Bonchev–Trinajstić information content (AvgIpc) is 3.54. The molecule has 4 rings (SSSR count). The van der Waals surface area contributed by atoms with E-state index in [1.165, 1.54) is 36.1 Å². The molecule has 1 amide bonds. The number of carbonyl (C=O) groups is 1. The number of carbonyl (C=O) groups excluding carboxylic acids is 1. The summed E-state index contributed by atoms with van der Waals surface area (Å²) in [5.74, 6) is -1.99. The van der Waals surface area contributed by atoms with Gasteiger partial charge in [0.15, 0.2) is 11.6 Å². The molecule has 1 aliphatic carbocycles. The minimum Gasteiger partial charge on any atom is -0.356 e. The summed E-state index contributed by atoms with van der Waals surface area (Å²) in [7, 11) is 0. The zero-order valence-electron chi connectivity index (χ0n) is 16.4. The van der Waals surface area contributed by atoms with Gasteiger partial charge in [-0.2, -0.15) is 0 Å². The molecule has 0 spiro atoms. The van der Waals surface area contributed by atoms with Crippen LogP contribution in [0, 0.1) is 17.6 Å². The van der Waals surface area contributed by atoms with Gasteiger partial charge >= 0.3 is 6.36 Å². The fraction of sp³-hybridized carbons (Fsp3) is 0.450. The lowest BCUT2D eigenvalue weighted by atomic mass is 9.98. The van der Waals surface area contributed by atoms with Gasteiger partial charge < -0.3 is 10.2 Å². The summed E-state index contributed by atoms with van der Waals surface area (Å²) in [6.45, 7) is 1.27. The van der Waals surface area contributed by atoms with Crippen LogP contribution < -0.4 is 5.32 Å². The maximum absolute atomic E-state index is 15.0. The number of ether oxygens (including phenoxy) is 1. The highest BCUT2D eigenvalue weighted by molar-refractivity contribution is 5.86. The Morgan fingerprint density at radius 1 is 1.19 bits per heavy atom. The second kappa shape index (κ2) is 8.03. The number of hydrogen-bond donors (Lipinski definition) is 1. The first-order chi connectivity index (χ1) is 14.6. The van der Waals surface area contributed by atoms with Crippen molar-refractivity contribution in [3.63, 3.8) is 0 Å². The number of amides is 1. The van der Waals surface area contributed by atoms with Gasteiger partial charge in [-0.25, -0.2) is 18.7 Å². The molecule has 2 aromatic rings. The number of alkyl halides is 3. The van der Waals surface area contributed by atoms with Crippen molar-refractivity contribution in [1.82, 2.24) is 14.9 Å². The average molecular weight is 442 g/mol. The Labute approximate surface area is 174 Å². The minimum absolute atomic E-state index is 0.0598. The van der Waals surface area contributed by atoms with Gasteiger partial charge in [0, 0.05) is 12.1 Å². The molecule has 1 aromatic carbocycles. The van der Waals surface area contributed by atoms with Crippen LogP contribution in [0.2, 0.25) is 0 Å². The first-order valence-corrected chi connectivity index (χ1v) is 9.72. The predicted octanol–water partition coefficient (Wildman–Crippen LogP) is 3.75. The van der Waals surface area contributed by atoms with E-state index in [4.69, 9.17) is 0 Å². The maximum Gasteiger partial charge on any atom is 0.522 e. The normalized spacial score (nSPS) is 22.1.